The summed E-state index contributed by atoms with van der Waals surface area (Å²) in [5, 5.41) is -1.99. The molecule has 54 heavy (non-hydrogen) atoms. The van der Waals surface area contributed by atoms with Gasteiger partial charge in [-0.25, -0.2) is 0 Å². The van der Waals surface area contributed by atoms with Crippen LogP contribution >= 0.6 is 11.6 Å². The smallest absolute Gasteiger partial charge is 0.289 e. The summed E-state index contributed by atoms with van der Waals surface area (Å²) in [6.45, 7) is 0. The Bertz CT molecular complexity index is 4860. The summed E-state index contributed by atoms with van der Waals surface area (Å²) in [6.07, 6.45) is 0. The monoisotopic (exact) mass is 733 g/mol. The summed E-state index contributed by atoms with van der Waals surface area (Å²) in [7, 11) is 0. The fourth-order valence-corrected chi connectivity index (χ4v) is 8.44. The van der Waals surface area contributed by atoms with Crippen molar-refractivity contribution in [1.29, 1.82) is 0 Å². The molecule has 6 heteroatoms. The van der Waals surface area contributed by atoms with Crippen molar-refractivity contribution in [3.63, 3.8) is 0 Å². The van der Waals surface area contributed by atoms with Crippen molar-refractivity contribution in [1.82, 2.24) is 4.57 Å². The Labute approximate surface area is 349 Å². The number of hydrogen-bond donors (Lipinski definition) is 0. The summed E-state index contributed by atoms with van der Waals surface area (Å²) in [5.74, 6) is -2.65. The molecule has 0 N–H and O–H groups in total. The minimum Gasteiger partial charge on any atom is -0.458 e. The summed E-state index contributed by atoms with van der Waals surface area (Å²) in [4.78, 5) is -0.213. The van der Waals surface area contributed by atoms with Crippen LogP contribution in [0.25, 0.3) is 93.6 Å². The zero-order chi connectivity index (χ0) is 57.7. The average molecular weight is 734 g/mol. The highest BCUT2D eigenvalue weighted by atomic mass is 32.2. The molecule has 4 nitrogen and oxygen atoms in total. The number of ether oxygens (including phenoxy) is 1. The Hall–Kier alpha value is -6.63. The van der Waals surface area contributed by atoms with Gasteiger partial charge in [-0.15, -0.1) is 0 Å². The maximum Gasteiger partial charge on any atom is 0.289 e. The second kappa shape index (κ2) is 10.5. The molecule has 13 rings (SSSR count). The predicted octanol–water partition coefficient (Wildman–Crippen LogP) is 12.2. The van der Waals surface area contributed by atoms with E-state index in [-0.39, 0.29) is 54.1 Å². The molecular weight excluding hydrogens is 681 g/mol. The lowest BCUT2D eigenvalue weighted by Crippen LogP contribution is -2.46. The van der Waals surface area contributed by atoms with Gasteiger partial charge in [0.2, 0.25) is 0 Å². The van der Waals surface area contributed by atoms with E-state index in [4.69, 9.17) is 36.9 Å². The lowest BCUT2D eigenvalue weighted by atomic mass is 9.57. The van der Waals surface area contributed by atoms with Crippen molar-refractivity contribution in [2.45, 2.75) is 4.90 Å². The van der Waals surface area contributed by atoms with Gasteiger partial charge in [-0.3, -0.25) is 0 Å². The SMILES string of the molecule is [2H]c1c([2H])c([2H])c2c(c1[2H])SB1c3c([2H])c([2H])c(-n4c5c([2H])c([2H])c([2H])c([2H])c5c5c([2H])c([2H])c([2H])c([2H])c54)c([2H])c3Oc3c([2H])c(-c4c([2H])c([2H])c5c(oc6c5c([2H])c([2H])c5oc7c([2H])c([2H])c([2H])c([2H])c7c56)c4[2H])c([2H])c-2c31. The zero-order valence-corrected chi connectivity index (χ0v) is 27.5. The van der Waals surface area contributed by atoms with Crippen molar-refractivity contribution < 1.29 is 49.2 Å². The van der Waals surface area contributed by atoms with Crippen LogP contribution in [-0.4, -0.2) is 10.6 Å². The lowest BCUT2D eigenvalue weighted by Gasteiger charge is -2.33. The Morgan fingerprint density at radius 3 is 2.15 bits per heavy atom. The minimum absolute atomic E-state index is 0.173. The van der Waals surface area contributed by atoms with Crippen molar-refractivity contribution in [2.75, 3.05) is 0 Å². The average Bonchev–Trinajstić information content (AvgIpc) is 4.24. The van der Waals surface area contributed by atoms with Crippen LogP contribution in [0.2, 0.25) is 0 Å². The standard InChI is InChI=1S/C48H26BNO3S/c1-5-13-38-30(9-1)31-10-2-6-14-39(31)50(38)29-18-21-37-43(26-29)52-44-25-28(23-36-33-11-4-8-16-45(33)54-49(37)47(36)44)27-17-19-32-34-20-22-41-46(48(34)53-42(32)24-27)35-12-3-7-15-40(35)51-41/h1-26H/i1D,2D,3D,4D,5D,6D,7D,8D,9D,10D,11D,12D,13D,14D,15D,16D,17D,18D,19D,20D,21D,22D,23D,24D,25D,26D. The van der Waals surface area contributed by atoms with E-state index in [0.29, 0.717) is 11.6 Å². The molecule has 0 fully saturated rings. The maximum atomic E-state index is 9.97. The van der Waals surface area contributed by atoms with Crippen LogP contribution in [0.5, 0.6) is 11.5 Å². The molecule has 0 saturated heterocycles. The number of aromatic nitrogens is 1. The van der Waals surface area contributed by atoms with Gasteiger partial charge in [0, 0.05) is 43.6 Å². The number of hydrogen-bond acceptors (Lipinski definition) is 4. The third-order valence-electron chi connectivity index (χ3n) is 9.49. The van der Waals surface area contributed by atoms with E-state index in [1.54, 1.807) is 0 Å². The lowest BCUT2D eigenvalue weighted by molar-refractivity contribution is 0.488. The molecule has 0 radical (unpaired) electrons. The molecule has 0 amide bonds. The molecular formula is C48H26BNO3S. The fraction of sp³-hybridized carbons (Fsp3) is 0. The number of nitrogens with zero attached hydrogens (tertiary/aromatic N) is 1. The molecule has 2 aliphatic heterocycles. The molecule has 0 aliphatic carbocycles. The topological polar surface area (TPSA) is 40.4 Å². The molecule has 3 aromatic heterocycles. The van der Waals surface area contributed by atoms with Gasteiger partial charge in [-0.2, -0.15) is 11.6 Å². The molecule has 0 bridgehead atoms. The van der Waals surface area contributed by atoms with E-state index in [2.05, 4.69) is 0 Å². The van der Waals surface area contributed by atoms with Crippen molar-refractivity contribution in [3.05, 3.63) is 157 Å². The van der Waals surface area contributed by atoms with Crippen molar-refractivity contribution in [2.24, 2.45) is 0 Å². The van der Waals surface area contributed by atoms with E-state index < -0.39 is 230 Å². The Morgan fingerprint density at radius 1 is 0.519 bits per heavy atom. The van der Waals surface area contributed by atoms with Crippen LogP contribution in [0.15, 0.2) is 171 Å². The van der Waals surface area contributed by atoms with Crippen LogP contribution in [0.4, 0.5) is 0 Å². The summed E-state index contributed by atoms with van der Waals surface area (Å²) in [5.41, 5.74) is -5.88. The first-order chi connectivity index (χ1) is 37.6. The Kier molecular flexibility index (Phi) is 2.72. The van der Waals surface area contributed by atoms with Gasteiger partial charge >= 0.3 is 0 Å². The predicted molar refractivity (Wildman–Crippen MR) is 224 cm³/mol. The van der Waals surface area contributed by atoms with Gasteiger partial charge in [0.25, 0.3) is 5.99 Å². The molecule has 250 valence electrons. The zero-order valence-electron chi connectivity index (χ0n) is 52.7. The van der Waals surface area contributed by atoms with Gasteiger partial charge in [0.1, 0.15) is 33.8 Å². The van der Waals surface area contributed by atoms with E-state index in [9.17, 15) is 12.3 Å². The second-order valence-corrected chi connectivity index (χ2v) is 13.4. The third kappa shape index (κ3) is 3.85. The summed E-state index contributed by atoms with van der Waals surface area (Å²) in [6, 6.07) is -19.3. The third-order valence-corrected chi connectivity index (χ3v) is 10.7. The molecule has 0 atom stereocenters. The van der Waals surface area contributed by atoms with Crippen LogP contribution < -0.4 is 15.7 Å². The van der Waals surface area contributed by atoms with E-state index >= 15 is 0 Å². The van der Waals surface area contributed by atoms with E-state index in [1.165, 1.54) is 0 Å². The van der Waals surface area contributed by atoms with Gasteiger partial charge < -0.3 is 18.1 Å². The molecule has 0 saturated carbocycles. The first-order valence-corrected chi connectivity index (χ1v) is 17.0. The van der Waals surface area contributed by atoms with Crippen LogP contribution in [0, 0.1) is 0 Å². The summed E-state index contributed by atoms with van der Waals surface area (Å²) < 4.78 is 255. The molecule has 0 unspecified atom stereocenters. The largest absolute Gasteiger partial charge is 0.458 e. The first kappa shape index (κ1) is 14.0. The van der Waals surface area contributed by atoms with Gasteiger partial charge in [-0.05, 0) is 99.6 Å². The number of benzene rings is 8. The molecule has 11 aromatic rings. The summed E-state index contributed by atoms with van der Waals surface area (Å²) >= 11 is 0.709. The maximum absolute atomic E-state index is 9.97. The molecule has 2 aliphatic rings. The number of para-hydroxylation sites is 3. The molecule has 0 spiro atoms. The van der Waals surface area contributed by atoms with Gasteiger partial charge in [-0.1, -0.05) is 84.6 Å². The van der Waals surface area contributed by atoms with Crippen molar-refractivity contribution in [3.8, 4) is 39.4 Å². The fourth-order valence-electron chi connectivity index (χ4n) is 7.20. The van der Waals surface area contributed by atoms with Gasteiger partial charge in [0.05, 0.1) is 52.1 Å². The van der Waals surface area contributed by atoms with E-state index in [0.717, 1.165) is 4.57 Å². The van der Waals surface area contributed by atoms with Gasteiger partial charge in [0.15, 0.2) is 0 Å². The van der Waals surface area contributed by atoms with Crippen LogP contribution in [0.3, 0.4) is 0 Å². The second-order valence-electron chi connectivity index (χ2n) is 12.3. The van der Waals surface area contributed by atoms with Crippen LogP contribution in [0.1, 0.15) is 35.6 Å². The normalized spacial score (nSPS) is 20.0. The first-order valence-electron chi connectivity index (χ1n) is 29.2. The number of rotatable bonds is 2. The molecule has 5 heterocycles. The highest BCUT2D eigenvalue weighted by Gasteiger charge is 2.39. The van der Waals surface area contributed by atoms with Crippen LogP contribution in [-0.2, 0) is 0 Å². The minimum atomic E-state index is -1.46. The Balaban J connectivity index is 1.15. The quantitative estimate of drug-likeness (QED) is 0.166. The highest BCUT2D eigenvalue weighted by molar-refractivity contribution is 8.28. The molecule has 8 aromatic carbocycles. The highest BCUT2D eigenvalue weighted by Crippen LogP contribution is 2.46. The number of furan rings is 2. The number of fused-ring (bicyclic) bond motifs is 14. The van der Waals surface area contributed by atoms with E-state index in [1.807, 2.05) is 0 Å². The van der Waals surface area contributed by atoms with Crippen molar-refractivity contribution >= 4 is 94.2 Å². The Morgan fingerprint density at radius 2 is 1.28 bits per heavy atom.